The van der Waals surface area contributed by atoms with Crippen LogP contribution in [0.3, 0.4) is 0 Å². The third-order valence-corrected chi connectivity index (χ3v) is 3.83. The van der Waals surface area contributed by atoms with E-state index >= 15 is 0 Å². The number of carbonyl (C=O) groups is 1. The van der Waals surface area contributed by atoms with Crippen molar-refractivity contribution in [2.45, 2.75) is 25.3 Å². The SMILES string of the molecule is COCC(N)C(=O)NCC(C)(C)c1ccc(Cl)c(Cl)c1. The molecule has 0 aliphatic carbocycles. The average Bonchev–Trinajstić information content (AvgIpc) is 2.39. The van der Waals surface area contributed by atoms with Crippen LogP contribution in [0, 0.1) is 0 Å². The van der Waals surface area contributed by atoms with Crippen LogP contribution in [0.2, 0.25) is 10.0 Å². The van der Waals surface area contributed by atoms with Crippen molar-refractivity contribution in [2.24, 2.45) is 5.73 Å². The average molecular weight is 319 g/mol. The Bertz CT molecular complexity index is 478. The normalized spacial score (nSPS) is 13.1. The lowest BCUT2D eigenvalue weighted by molar-refractivity contribution is -0.123. The smallest absolute Gasteiger partial charge is 0.239 e. The second kappa shape index (κ2) is 7.27. The summed E-state index contributed by atoms with van der Waals surface area (Å²) in [5, 5.41) is 3.83. The minimum absolute atomic E-state index is 0.193. The standard InChI is InChI=1S/C14H20Cl2N2O2/c1-14(2,8-18-13(19)12(17)7-20-3)9-4-5-10(15)11(16)6-9/h4-6,12H,7-8,17H2,1-3H3,(H,18,19). The minimum Gasteiger partial charge on any atom is -0.383 e. The molecule has 112 valence electrons. The summed E-state index contributed by atoms with van der Waals surface area (Å²) in [5.74, 6) is -0.236. The van der Waals surface area contributed by atoms with Crippen LogP contribution in [0.5, 0.6) is 0 Å². The number of halogens is 2. The fourth-order valence-corrected chi connectivity index (χ4v) is 2.01. The lowest BCUT2D eigenvalue weighted by Gasteiger charge is -2.26. The summed E-state index contributed by atoms with van der Waals surface area (Å²) in [4.78, 5) is 11.8. The summed E-state index contributed by atoms with van der Waals surface area (Å²) < 4.78 is 4.85. The summed E-state index contributed by atoms with van der Waals surface area (Å²) >= 11 is 11.9. The molecular formula is C14H20Cl2N2O2. The van der Waals surface area contributed by atoms with Crippen molar-refractivity contribution in [3.63, 3.8) is 0 Å². The van der Waals surface area contributed by atoms with E-state index in [4.69, 9.17) is 33.7 Å². The van der Waals surface area contributed by atoms with Gasteiger partial charge in [0.15, 0.2) is 0 Å². The lowest BCUT2D eigenvalue weighted by Crippen LogP contribution is -2.47. The Hall–Kier alpha value is -0.810. The number of methoxy groups -OCH3 is 1. The van der Waals surface area contributed by atoms with Crippen molar-refractivity contribution in [3.05, 3.63) is 33.8 Å². The fraction of sp³-hybridized carbons (Fsp3) is 0.500. The van der Waals surface area contributed by atoms with E-state index < -0.39 is 6.04 Å². The van der Waals surface area contributed by atoms with Gasteiger partial charge in [-0.2, -0.15) is 0 Å². The zero-order valence-electron chi connectivity index (χ0n) is 11.9. The highest BCUT2D eigenvalue weighted by atomic mass is 35.5. The molecular weight excluding hydrogens is 299 g/mol. The van der Waals surface area contributed by atoms with E-state index in [1.54, 1.807) is 6.07 Å². The molecule has 6 heteroatoms. The Balaban J connectivity index is 2.69. The number of ether oxygens (including phenoxy) is 1. The van der Waals surface area contributed by atoms with Crippen LogP contribution in [0.1, 0.15) is 19.4 Å². The van der Waals surface area contributed by atoms with Crippen LogP contribution in [-0.2, 0) is 14.9 Å². The number of carbonyl (C=O) groups excluding carboxylic acids is 1. The van der Waals surface area contributed by atoms with E-state index in [9.17, 15) is 4.79 Å². The fourth-order valence-electron chi connectivity index (χ4n) is 1.71. The first kappa shape index (κ1) is 17.2. The zero-order chi connectivity index (χ0) is 15.3. The molecule has 20 heavy (non-hydrogen) atoms. The first-order chi connectivity index (χ1) is 9.27. The van der Waals surface area contributed by atoms with Gasteiger partial charge >= 0.3 is 0 Å². The number of nitrogens with two attached hydrogens (primary N) is 1. The summed E-state index contributed by atoms with van der Waals surface area (Å²) in [6.45, 7) is 4.66. The maximum atomic E-state index is 11.8. The molecule has 0 heterocycles. The number of hydrogen-bond acceptors (Lipinski definition) is 3. The predicted molar refractivity (Wildman–Crippen MR) is 82.3 cm³/mol. The maximum absolute atomic E-state index is 11.8. The van der Waals surface area contributed by atoms with Crippen molar-refractivity contribution in [3.8, 4) is 0 Å². The van der Waals surface area contributed by atoms with Crippen LogP contribution in [0.4, 0.5) is 0 Å². The first-order valence-electron chi connectivity index (χ1n) is 6.25. The summed E-state index contributed by atoms with van der Waals surface area (Å²) in [6, 6.07) is 4.80. The van der Waals surface area contributed by atoms with Gasteiger partial charge in [0, 0.05) is 19.1 Å². The molecule has 0 bridgehead atoms. The quantitative estimate of drug-likeness (QED) is 0.846. The number of amides is 1. The highest BCUT2D eigenvalue weighted by Gasteiger charge is 2.23. The van der Waals surface area contributed by atoms with E-state index in [1.165, 1.54) is 7.11 Å². The number of nitrogens with one attached hydrogen (secondary N) is 1. The molecule has 1 aromatic rings. The van der Waals surface area contributed by atoms with Crippen molar-refractivity contribution >= 4 is 29.1 Å². The van der Waals surface area contributed by atoms with Crippen LogP contribution >= 0.6 is 23.2 Å². The van der Waals surface area contributed by atoms with E-state index in [0.717, 1.165) is 5.56 Å². The van der Waals surface area contributed by atoms with Gasteiger partial charge in [0.2, 0.25) is 5.91 Å². The maximum Gasteiger partial charge on any atom is 0.239 e. The lowest BCUT2D eigenvalue weighted by atomic mass is 9.84. The number of hydrogen-bond donors (Lipinski definition) is 2. The van der Waals surface area contributed by atoms with Gasteiger partial charge < -0.3 is 15.8 Å². The van der Waals surface area contributed by atoms with Crippen molar-refractivity contribution in [1.29, 1.82) is 0 Å². The van der Waals surface area contributed by atoms with Crippen LogP contribution in [0.25, 0.3) is 0 Å². The second-order valence-corrected chi connectivity index (χ2v) is 6.11. The molecule has 0 saturated heterocycles. The third-order valence-electron chi connectivity index (χ3n) is 3.09. The molecule has 0 aliphatic rings. The van der Waals surface area contributed by atoms with Crippen LogP contribution in [0.15, 0.2) is 18.2 Å². The van der Waals surface area contributed by atoms with Gasteiger partial charge in [0.1, 0.15) is 6.04 Å². The molecule has 0 aromatic heterocycles. The summed E-state index contributed by atoms with van der Waals surface area (Å²) in [5.41, 5.74) is 6.38. The van der Waals surface area contributed by atoms with Gasteiger partial charge in [-0.05, 0) is 17.7 Å². The zero-order valence-corrected chi connectivity index (χ0v) is 13.4. The highest BCUT2D eigenvalue weighted by molar-refractivity contribution is 6.42. The predicted octanol–water partition coefficient (Wildman–Crippen LogP) is 2.36. The Morgan fingerprint density at radius 2 is 2.05 bits per heavy atom. The monoisotopic (exact) mass is 318 g/mol. The van der Waals surface area contributed by atoms with Gasteiger partial charge in [0.05, 0.1) is 16.7 Å². The number of benzene rings is 1. The molecule has 3 N–H and O–H groups in total. The first-order valence-corrected chi connectivity index (χ1v) is 7.01. The topological polar surface area (TPSA) is 64.3 Å². The van der Waals surface area contributed by atoms with Gasteiger partial charge in [-0.25, -0.2) is 0 Å². The van der Waals surface area contributed by atoms with E-state index in [2.05, 4.69) is 5.32 Å². The van der Waals surface area contributed by atoms with E-state index in [-0.39, 0.29) is 17.9 Å². The minimum atomic E-state index is -0.662. The number of rotatable bonds is 6. The molecule has 0 aliphatic heterocycles. The van der Waals surface area contributed by atoms with E-state index in [0.29, 0.717) is 16.6 Å². The molecule has 0 saturated carbocycles. The highest BCUT2D eigenvalue weighted by Crippen LogP contribution is 2.29. The van der Waals surface area contributed by atoms with Crippen molar-refractivity contribution < 1.29 is 9.53 Å². The Morgan fingerprint density at radius 1 is 1.40 bits per heavy atom. The summed E-state index contributed by atoms with van der Waals surface area (Å²) in [6.07, 6.45) is 0. The van der Waals surface area contributed by atoms with Crippen LogP contribution < -0.4 is 11.1 Å². The van der Waals surface area contributed by atoms with E-state index in [1.807, 2.05) is 26.0 Å². The molecule has 0 spiro atoms. The molecule has 1 amide bonds. The Morgan fingerprint density at radius 3 is 2.60 bits per heavy atom. The van der Waals surface area contributed by atoms with Gasteiger partial charge in [-0.1, -0.05) is 43.1 Å². The molecule has 4 nitrogen and oxygen atoms in total. The third kappa shape index (κ3) is 4.63. The van der Waals surface area contributed by atoms with Crippen LogP contribution in [-0.4, -0.2) is 32.2 Å². The van der Waals surface area contributed by atoms with Gasteiger partial charge in [-0.15, -0.1) is 0 Å². The largest absolute Gasteiger partial charge is 0.383 e. The molecule has 1 unspecified atom stereocenters. The molecule has 1 rings (SSSR count). The Kier molecular flexibility index (Phi) is 6.27. The van der Waals surface area contributed by atoms with Gasteiger partial charge in [-0.3, -0.25) is 4.79 Å². The molecule has 0 fully saturated rings. The molecule has 1 atom stereocenters. The van der Waals surface area contributed by atoms with Crippen molar-refractivity contribution in [2.75, 3.05) is 20.3 Å². The molecule has 1 aromatic carbocycles. The second-order valence-electron chi connectivity index (χ2n) is 5.29. The van der Waals surface area contributed by atoms with Crippen molar-refractivity contribution in [1.82, 2.24) is 5.32 Å². The molecule has 0 radical (unpaired) electrons. The summed E-state index contributed by atoms with van der Waals surface area (Å²) in [7, 11) is 1.51. The van der Waals surface area contributed by atoms with Gasteiger partial charge in [0.25, 0.3) is 0 Å². The Labute approximate surface area is 129 Å².